The third-order valence-corrected chi connectivity index (χ3v) is 0.0722. The topological polar surface area (TPSA) is 17.1 Å². The lowest BCUT2D eigenvalue weighted by molar-refractivity contribution is 0.569. The van der Waals surface area contributed by atoms with E-state index in [2.05, 4.69) is 6.58 Å². The van der Waals surface area contributed by atoms with Gasteiger partial charge in [0.2, 0.25) is 0 Å². The molecule has 2 heteroatoms. The van der Waals surface area contributed by atoms with E-state index in [1.165, 1.54) is 5.94 Å². The number of rotatable bonds is 0. The molecule has 0 saturated carbocycles. The van der Waals surface area contributed by atoms with Crippen molar-refractivity contribution >= 4 is 15.8 Å². The molecule has 0 bridgehead atoms. The minimum Gasteiger partial charge on any atom is -0.224 e. The molecule has 0 amide bonds. The van der Waals surface area contributed by atoms with E-state index in [0.29, 0.717) is 0 Å². The van der Waals surface area contributed by atoms with Crippen LogP contribution in [0.25, 0.3) is 0 Å². The van der Waals surface area contributed by atoms with Gasteiger partial charge in [0.15, 0.2) is 5.94 Å². The van der Waals surface area contributed by atoms with E-state index in [-0.39, 0.29) is 9.90 Å². The van der Waals surface area contributed by atoms with Crippen molar-refractivity contribution in [3.63, 3.8) is 0 Å². The fourth-order valence-electron chi connectivity index (χ4n) is 0. The zero-order valence-corrected chi connectivity index (χ0v) is 4.24. The SMILES string of the molecule is C=C=C=O.P. The zero-order valence-electron chi connectivity index (χ0n) is 2.82. The van der Waals surface area contributed by atoms with E-state index >= 15 is 0 Å². The molecule has 0 heterocycles. The Balaban J connectivity index is 0. The van der Waals surface area contributed by atoms with E-state index in [4.69, 9.17) is 4.79 Å². The summed E-state index contributed by atoms with van der Waals surface area (Å²) in [4.78, 5) is 8.88. The van der Waals surface area contributed by atoms with Crippen LogP contribution in [-0.2, 0) is 4.79 Å². The van der Waals surface area contributed by atoms with E-state index in [1.807, 2.05) is 5.73 Å². The number of carbonyl (C=O) groups excluding carboxylic acids is 1. The molecule has 0 fully saturated rings. The molecule has 0 radical (unpaired) electrons. The maximum absolute atomic E-state index is 8.88. The normalized spacial score (nSPS) is 2.40. The molecule has 0 aromatic heterocycles. The van der Waals surface area contributed by atoms with Gasteiger partial charge in [0.1, 0.15) is 0 Å². The molecule has 1 unspecified atom stereocenters. The van der Waals surface area contributed by atoms with Crippen LogP contribution >= 0.6 is 9.90 Å². The Bertz CT molecular complexity index is 57.0. The lowest BCUT2D eigenvalue weighted by atomic mass is 11.0. The Labute approximate surface area is 34.0 Å². The molecular weight excluding hydrogens is 83.0 g/mol. The smallest absolute Gasteiger partial charge is 0.176 e. The predicted octanol–water partition coefficient (Wildman–Crippen LogP) is 0.217. The molecule has 0 aromatic carbocycles. The van der Waals surface area contributed by atoms with Gasteiger partial charge in [0, 0.05) is 0 Å². The second-order valence-electron chi connectivity index (χ2n) is 0.279. The number of hydrogen-bond donors (Lipinski definition) is 0. The van der Waals surface area contributed by atoms with Gasteiger partial charge in [-0.2, -0.15) is 9.90 Å². The van der Waals surface area contributed by atoms with Crippen LogP contribution in [0.1, 0.15) is 0 Å². The minimum absolute atomic E-state index is 0. The Morgan fingerprint density at radius 2 is 1.80 bits per heavy atom. The van der Waals surface area contributed by atoms with Crippen LogP contribution in [0.5, 0.6) is 0 Å². The lowest BCUT2D eigenvalue weighted by Gasteiger charge is -1.14. The Morgan fingerprint density at radius 3 is 1.80 bits per heavy atom. The Kier molecular flexibility index (Phi) is 16.6. The lowest BCUT2D eigenvalue weighted by Crippen LogP contribution is -1.22. The van der Waals surface area contributed by atoms with Crippen molar-refractivity contribution in [1.29, 1.82) is 0 Å². The van der Waals surface area contributed by atoms with Gasteiger partial charge in [-0.15, -0.1) is 0 Å². The fraction of sp³-hybridized carbons (Fsp3) is 0. The maximum atomic E-state index is 8.88. The first kappa shape index (κ1) is 8.82. The Hall–Kier alpha value is -0.340. The fourth-order valence-corrected chi connectivity index (χ4v) is 0. The molecular formula is C3H5OP. The summed E-state index contributed by atoms with van der Waals surface area (Å²) in [6.07, 6.45) is 0. The van der Waals surface area contributed by atoms with Gasteiger partial charge in [-0.25, -0.2) is 4.79 Å². The highest BCUT2D eigenvalue weighted by Gasteiger charge is 1.17. The van der Waals surface area contributed by atoms with Crippen molar-refractivity contribution in [3.8, 4) is 0 Å². The summed E-state index contributed by atoms with van der Waals surface area (Å²) in [5.74, 6) is 1.32. The maximum Gasteiger partial charge on any atom is 0.176 e. The van der Waals surface area contributed by atoms with Crippen LogP contribution in [0.4, 0.5) is 0 Å². The van der Waals surface area contributed by atoms with Gasteiger partial charge in [-0.05, 0) is 12.3 Å². The van der Waals surface area contributed by atoms with Crippen LogP contribution in [0, 0.1) is 0 Å². The van der Waals surface area contributed by atoms with E-state index in [9.17, 15) is 0 Å². The van der Waals surface area contributed by atoms with Gasteiger partial charge >= 0.3 is 0 Å². The van der Waals surface area contributed by atoms with Gasteiger partial charge in [0.25, 0.3) is 0 Å². The summed E-state index contributed by atoms with van der Waals surface area (Å²) >= 11 is 0. The highest BCUT2D eigenvalue weighted by molar-refractivity contribution is 6.92. The average Bonchev–Trinajstić information content (AvgIpc) is 1.37. The van der Waals surface area contributed by atoms with Crippen molar-refractivity contribution in [1.82, 2.24) is 0 Å². The molecule has 0 rings (SSSR count). The standard InChI is InChI=1S/C3H2O.H3P/c1-2-3-4;/h1H2;1H3. The van der Waals surface area contributed by atoms with E-state index in [0.717, 1.165) is 0 Å². The van der Waals surface area contributed by atoms with E-state index in [1.54, 1.807) is 0 Å². The summed E-state index contributed by atoms with van der Waals surface area (Å²) in [5, 5.41) is 0. The molecule has 0 aliphatic rings. The highest BCUT2D eigenvalue weighted by Crippen LogP contribution is 1.15. The average molecular weight is 88.0 g/mol. The predicted molar refractivity (Wildman–Crippen MR) is 25.9 cm³/mol. The Morgan fingerprint density at radius 1 is 1.60 bits per heavy atom. The molecule has 0 N–H and O–H groups in total. The van der Waals surface area contributed by atoms with Gasteiger partial charge in [-0.3, -0.25) is 0 Å². The molecule has 5 heavy (non-hydrogen) atoms. The molecule has 0 aromatic rings. The van der Waals surface area contributed by atoms with E-state index < -0.39 is 0 Å². The monoisotopic (exact) mass is 88.0 g/mol. The summed E-state index contributed by atoms with van der Waals surface area (Å²) in [6.45, 7) is 2.93. The summed E-state index contributed by atoms with van der Waals surface area (Å²) in [5.41, 5.74) is 1.88. The van der Waals surface area contributed by atoms with Gasteiger partial charge < -0.3 is 0 Å². The van der Waals surface area contributed by atoms with Crippen LogP contribution in [0.2, 0.25) is 0 Å². The van der Waals surface area contributed by atoms with Gasteiger partial charge in [0.05, 0.1) is 0 Å². The second kappa shape index (κ2) is 9.40. The first-order valence-electron chi connectivity index (χ1n) is 0.808. The van der Waals surface area contributed by atoms with Crippen molar-refractivity contribution < 1.29 is 4.79 Å². The quantitative estimate of drug-likeness (QED) is 0.235. The summed E-state index contributed by atoms with van der Waals surface area (Å²) in [6, 6.07) is 0. The second-order valence-corrected chi connectivity index (χ2v) is 0.279. The van der Waals surface area contributed by atoms with Crippen LogP contribution in [0.3, 0.4) is 0 Å². The van der Waals surface area contributed by atoms with Crippen LogP contribution in [-0.4, -0.2) is 5.94 Å². The molecule has 0 aliphatic carbocycles. The third kappa shape index (κ3) is 23.2. The molecule has 0 spiro atoms. The first-order valence-corrected chi connectivity index (χ1v) is 0.808. The molecule has 0 saturated heterocycles. The molecule has 28 valence electrons. The van der Waals surface area contributed by atoms with Gasteiger partial charge in [-0.1, -0.05) is 0 Å². The zero-order chi connectivity index (χ0) is 3.41. The minimum atomic E-state index is 0. The largest absolute Gasteiger partial charge is 0.224 e. The molecule has 0 aliphatic heterocycles. The van der Waals surface area contributed by atoms with Crippen LogP contribution in [0.15, 0.2) is 12.3 Å². The van der Waals surface area contributed by atoms with Crippen molar-refractivity contribution in [2.75, 3.05) is 0 Å². The highest BCUT2D eigenvalue weighted by atomic mass is 31.0. The van der Waals surface area contributed by atoms with Crippen molar-refractivity contribution in [3.05, 3.63) is 12.3 Å². The first-order chi connectivity index (χ1) is 1.91. The molecule has 1 atom stereocenters. The van der Waals surface area contributed by atoms with Crippen molar-refractivity contribution in [2.24, 2.45) is 0 Å². The number of hydrogen-bond acceptors (Lipinski definition) is 1. The summed E-state index contributed by atoms with van der Waals surface area (Å²) < 4.78 is 0. The molecule has 1 nitrogen and oxygen atoms in total. The summed E-state index contributed by atoms with van der Waals surface area (Å²) in [7, 11) is 0. The third-order valence-electron chi connectivity index (χ3n) is 0.0722. The van der Waals surface area contributed by atoms with Crippen LogP contribution < -0.4 is 0 Å². The van der Waals surface area contributed by atoms with Crippen molar-refractivity contribution in [2.45, 2.75) is 0 Å².